The van der Waals surface area contributed by atoms with Crippen LogP contribution in [0.25, 0.3) is 27.7 Å². The molecular weight excluding hydrogens is 427 g/mol. The normalized spacial score (nSPS) is 17.5. The third-order valence-electron chi connectivity index (χ3n) is 5.83. The quantitative estimate of drug-likeness (QED) is 0.505. The number of nitrogens with one attached hydrogen (secondary N) is 1. The van der Waals surface area contributed by atoms with E-state index >= 15 is 0 Å². The molecule has 7 heteroatoms. The van der Waals surface area contributed by atoms with Gasteiger partial charge in [0.25, 0.3) is 5.91 Å². The van der Waals surface area contributed by atoms with Gasteiger partial charge in [-0.1, -0.05) is 36.4 Å². The molecule has 3 aromatic carbocycles. The summed E-state index contributed by atoms with van der Waals surface area (Å²) in [7, 11) is -3.08. The maximum absolute atomic E-state index is 13.5. The molecule has 1 aliphatic rings. The number of carbonyl (C=O) groups excluding carboxylic acids is 1. The van der Waals surface area contributed by atoms with Crippen LogP contribution in [0.2, 0.25) is 0 Å². The van der Waals surface area contributed by atoms with E-state index < -0.39 is 9.84 Å². The average Bonchev–Trinajstić information content (AvgIpc) is 3.34. The molecule has 5 nitrogen and oxygen atoms in total. The number of aromatic nitrogens is 1. The largest absolute Gasteiger partial charge is 0.348 e. The molecule has 1 unspecified atom stereocenters. The molecule has 1 N–H and O–H groups in total. The molecule has 0 radical (unpaired) electrons. The zero-order valence-electron chi connectivity index (χ0n) is 17.2. The second kappa shape index (κ2) is 7.91. The highest BCUT2D eigenvalue weighted by Gasteiger charge is 2.29. The molecule has 1 aliphatic heterocycles. The van der Waals surface area contributed by atoms with Crippen LogP contribution in [-0.4, -0.2) is 36.4 Å². The van der Waals surface area contributed by atoms with Crippen LogP contribution in [0.4, 0.5) is 4.39 Å². The lowest BCUT2D eigenvalue weighted by Crippen LogP contribution is -2.35. The summed E-state index contributed by atoms with van der Waals surface area (Å²) in [5, 5.41) is 3.80. The summed E-state index contributed by atoms with van der Waals surface area (Å²) >= 11 is 0. The molecule has 4 aromatic rings. The van der Waals surface area contributed by atoms with Gasteiger partial charge in [-0.05, 0) is 48.4 Å². The van der Waals surface area contributed by atoms with Crippen LogP contribution in [0.3, 0.4) is 0 Å². The maximum Gasteiger partial charge on any atom is 0.251 e. The lowest BCUT2D eigenvalue weighted by Gasteiger charge is -2.12. The van der Waals surface area contributed by atoms with Gasteiger partial charge < -0.3 is 9.88 Å². The van der Waals surface area contributed by atoms with Gasteiger partial charge in [-0.15, -0.1) is 0 Å². The van der Waals surface area contributed by atoms with Crippen molar-refractivity contribution >= 4 is 26.6 Å². The van der Waals surface area contributed by atoms with E-state index in [-0.39, 0.29) is 29.3 Å². The summed E-state index contributed by atoms with van der Waals surface area (Å²) in [4.78, 5) is 12.9. The number of halogens is 1. The Hall–Kier alpha value is -3.45. The third-order valence-corrected chi connectivity index (χ3v) is 7.59. The molecule has 0 aliphatic carbocycles. The highest BCUT2D eigenvalue weighted by Crippen LogP contribution is 2.33. The summed E-state index contributed by atoms with van der Waals surface area (Å²) in [6.45, 7) is 0. The van der Waals surface area contributed by atoms with Gasteiger partial charge >= 0.3 is 0 Å². The molecule has 0 bridgehead atoms. The van der Waals surface area contributed by atoms with E-state index in [1.807, 2.05) is 47.2 Å². The number of nitrogens with zero attached hydrogens (tertiary/aromatic N) is 1. The van der Waals surface area contributed by atoms with Gasteiger partial charge in [0.05, 0.1) is 17.0 Å². The molecule has 0 saturated carbocycles. The highest BCUT2D eigenvalue weighted by atomic mass is 32.2. The van der Waals surface area contributed by atoms with Crippen LogP contribution in [0, 0.1) is 5.82 Å². The molecule has 1 amide bonds. The van der Waals surface area contributed by atoms with Crippen molar-refractivity contribution in [2.24, 2.45) is 0 Å². The topological polar surface area (TPSA) is 68.2 Å². The van der Waals surface area contributed by atoms with Crippen molar-refractivity contribution in [3.8, 4) is 16.8 Å². The zero-order valence-corrected chi connectivity index (χ0v) is 18.0. The third kappa shape index (κ3) is 3.91. The monoisotopic (exact) mass is 448 g/mol. The second-order valence-electron chi connectivity index (χ2n) is 8.06. The van der Waals surface area contributed by atoms with Crippen molar-refractivity contribution in [2.75, 3.05) is 11.5 Å². The van der Waals surface area contributed by atoms with Gasteiger partial charge in [0.15, 0.2) is 9.84 Å². The lowest BCUT2D eigenvalue weighted by atomic mass is 10.0. The molecule has 1 atom stereocenters. The Labute approximate surface area is 185 Å². The first kappa shape index (κ1) is 20.5. The van der Waals surface area contributed by atoms with Crippen LogP contribution in [-0.2, 0) is 9.84 Å². The Balaban J connectivity index is 1.58. The van der Waals surface area contributed by atoms with Crippen LogP contribution in [0.15, 0.2) is 79.0 Å². The van der Waals surface area contributed by atoms with E-state index in [1.54, 1.807) is 24.3 Å². The van der Waals surface area contributed by atoms with Crippen molar-refractivity contribution in [2.45, 2.75) is 12.5 Å². The number of hydrogen-bond acceptors (Lipinski definition) is 3. The fourth-order valence-electron chi connectivity index (χ4n) is 4.21. The minimum atomic E-state index is -3.08. The average molecular weight is 449 g/mol. The summed E-state index contributed by atoms with van der Waals surface area (Å²) < 4.78 is 38.9. The fourth-order valence-corrected chi connectivity index (χ4v) is 5.88. The molecule has 162 valence electrons. The van der Waals surface area contributed by atoms with Crippen molar-refractivity contribution in [1.82, 2.24) is 9.88 Å². The Morgan fingerprint density at radius 2 is 1.75 bits per heavy atom. The predicted molar refractivity (Wildman–Crippen MR) is 123 cm³/mol. The second-order valence-corrected chi connectivity index (χ2v) is 10.3. The van der Waals surface area contributed by atoms with Crippen LogP contribution < -0.4 is 5.32 Å². The van der Waals surface area contributed by atoms with E-state index in [1.165, 1.54) is 12.1 Å². The summed E-state index contributed by atoms with van der Waals surface area (Å²) in [5.41, 5.74) is 4.06. The number of sulfone groups is 1. The van der Waals surface area contributed by atoms with Crippen molar-refractivity contribution < 1.29 is 17.6 Å². The van der Waals surface area contributed by atoms with E-state index in [4.69, 9.17) is 0 Å². The number of fused-ring (bicyclic) bond motifs is 1. The number of hydrogen-bond donors (Lipinski definition) is 1. The van der Waals surface area contributed by atoms with Crippen LogP contribution in [0.5, 0.6) is 0 Å². The van der Waals surface area contributed by atoms with E-state index in [9.17, 15) is 17.6 Å². The highest BCUT2D eigenvalue weighted by molar-refractivity contribution is 7.91. The van der Waals surface area contributed by atoms with Crippen LogP contribution in [0.1, 0.15) is 16.8 Å². The Bertz CT molecular complexity index is 1410. The maximum atomic E-state index is 13.5. The molecule has 5 rings (SSSR count). The molecule has 32 heavy (non-hydrogen) atoms. The number of benzene rings is 3. The first-order chi connectivity index (χ1) is 15.4. The summed E-state index contributed by atoms with van der Waals surface area (Å²) in [6.07, 6.45) is 2.42. The summed E-state index contributed by atoms with van der Waals surface area (Å²) in [6, 6.07) is 21.2. The Morgan fingerprint density at radius 3 is 2.44 bits per heavy atom. The first-order valence-electron chi connectivity index (χ1n) is 10.4. The minimum Gasteiger partial charge on any atom is -0.348 e. The van der Waals surface area contributed by atoms with Gasteiger partial charge in [0.2, 0.25) is 0 Å². The van der Waals surface area contributed by atoms with Crippen molar-refractivity contribution in [3.05, 3.63) is 90.4 Å². The van der Waals surface area contributed by atoms with Crippen molar-refractivity contribution in [3.63, 3.8) is 0 Å². The molecule has 1 saturated heterocycles. The van der Waals surface area contributed by atoms with E-state index in [2.05, 4.69) is 5.32 Å². The Kier molecular flexibility index (Phi) is 5.06. The lowest BCUT2D eigenvalue weighted by molar-refractivity contribution is 0.0941. The molecular formula is C25H21FN2O3S. The first-order valence-corrected chi connectivity index (χ1v) is 12.2. The molecule has 1 aromatic heterocycles. The number of rotatable bonds is 4. The van der Waals surface area contributed by atoms with Gasteiger partial charge in [-0.25, -0.2) is 12.8 Å². The number of amides is 1. The predicted octanol–water partition coefficient (Wildman–Crippen LogP) is 4.35. The smallest absolute Gasteiger partial charge is 0.251 e. The van der Waals surface area contributed by atoms with Gasteiger partial charge in [0, 0.05) is 34.4 Å². The van der Waals surface area contributed by atoms with Crippen LogP contribution >= 0.6 is 0 Å². The minimum absolute atomic E-state index is 0.0227. The molecule has 1 fully saturated rings. The van der Waals surface area contributed by atoms with Gasteiger partial charge in [-0.2, -0.15) is 0 Å². The van der Waals surface area contributed by atoms with Gasteiger partial charge in [0.1, 0.15) is 5.82 Å². The molecule has 0 spiro atoms. The standard InChI is InChI=1S/C25H21FN2O3S/c26-19-7-9-21(10-8-19)28-15-23(17-4-2-1-3-5-17)22-11-6-18(14-24(22)28)25(29)27-20-12-13-32(30,31)16-20/h1-11,14-15,20H,12-13,16H2,(H,27,29). The Morgan fingerprint density at radius 1 is 1.00 bits per heavy atom. The van der Waals surface area contributed by atoms with Crippen molar-refractivity contribution in [1.29, 1.82) is 0 Å². The summed E-state index contributed by atoms with van der Waals surface area (Å²) in [5.74, 6) is -0.544. The fraction of sp³-hybridized carbons (Fsp3) is 0.160. The SMILES string of the molecule is O=C(NC1CCS(=O)(=O)C1)c1ccc2c(-c3ccccc3)cn(-c3ccc(F)cc3)c2c1. The van der Waals surface area contributed by atoms with E-state index in [0.717, 1.165) is 27.7 Å². The van der Waals surface area contributed by atoms with E-state index in [0.29, 0.717) is 12.0 Å². The molecule has 2 heterocycles. The number of carbonyl (C=O) groups is 1. The zero-order chi connectivity index (χ0) is 22.3. The van der Waals surface area contributed by atoms with Gasteiger partial charge in [-0.3, -0.25) is 4.79 Å².